The zero-order valence-corrected chi connectivity index (χ0v) is 11.1. The van der Waals surface area contributed by atoms with Crippen LogP contribution in [0, 0.1) is 17.1 Å². The first-order valence-electron chi connectivity index (χ1n) is 6.54. The fourth-order valence-electron chi connectivity index (χ4n) is 1.96. The third-order valence-corrected chi connectivity index (χ3v) is 3.13. The van der Waals surface area contributed by atoms with Gasteiger partial charge in [-0.25, -0.2) is 9.18 Å². The van der Waals surface area contributed by atoms with Crippen molar-refractivity contribution in [3.05, 3.63) is 22.5 Å². The Morgan fingerprint density at radius 3 is 3.00 bits per heavy atom. The summed E-state index contributed by atoms with van der Waals surface area (Å²) < 4.78 is 33.8. The second-order valence-corrected chi connectivity index (χ2v) is 4.49. The number of nitrogens with two attached hydrogens (primary N) is 2. The fraction of sp³-hybridized carbons (Fsp3) is 0.455. The summed E-state index contributed by atoms with van der Waals surface area (Å²) in [7, 11) is 0. The molecule has 2 rings (SSSR count). The first kappa shape index (κ1) is 13.0. The van der Waals surface area contributed by atoms with Gasteiger partial charge in [0.25, 0.3) is 0 Å². The molecule has 0 radical (unpaired) electrons. The molecule has 4 atom stereocenters. The number of rotatable bonds is 2. The van der Waals surface area contributed by atoms with Gasteiger partial charge in [-0.1, -0.05) is 5.92 Å². The maximum atomic E-state index is 13.6. The number of nitrogens with zero attached hydrogens (tertiary/aromatic N) is 2. The minimum atomic E-state index is -3.02. The van der Waals surface area contributed by atoms with Crippen LogP contribution < -0.4 is 17.2 Å². The van der Waals surface area contributed by atoms with E-state index in [1.165, 1.54) is 0 Å². The lowest BCUT2D eigenvalue weighted by molar-refractivity contribution is -0.0479. The number of nitrogen functional groups attached to an aromatic ring is 1. The van der Waals surface area contributed by atoms with E-state index in [2.05, 4.69) is 10.9 Å². The van der Waals surface area contributed by atoms with E-state index in [0.717, 1.165) is 0 Å². The lowest BCUT2D eigenvalue weighted by atomic mass is 9.92. The zero-order chi connectivity index (χ0) is 17.6. The molecule has 1 aliphatic heterocycles. The summed E-state index contributed by atoms with van der Waals surface area (Å²) in [5.74, 6) is 0.450. The van der Waals surface area contributed by atoms with Crippen LogP contribution in [0.2, 0.25) is 0 Å². The molecule has 114 valence electrons. The van der Waals surface area contributed by atoms with Gasteiger partial charge in [0, 0.05) is 5.38 Å². The number of aliphatic hydroxyl groups excluding tert-OH is 1. The molecule has 0 saturated carbocycles. The normalized spacial score (nSPS) is 33.9. The molecule has 0 aromatic carbocycles. The summed E-state index contributed by atoms with van der Waals surface area (Å²) in [5, 5.41) is 21.5. The molecule has 10 heteroatoms. The van der Waals surface area contributed by atoms with Crippen molar-refractivity contribution in [2.45, 2.75) is 24.0 Å². The molecular weight excluding hydrogens is 307 g/mol. The number of halogens is 2. The second-order valence-electron chi connectivity index (χ2n) is 4.30. The maximum Gasteiger partial charge on any atom is 0.351 e. The summed E-state index contributed by atoms with van der Waals surface area (Å²) in [6, 6.07) is 0. The molecule has 0 spiro atoms. The van der Waals surface area contributed by atoms with Gasteiger partial charge in [0.15, 0.2) is 23.4 Å². The minimum Gasteiger partial charge on any atom is -0.394 e. The number of hydrogen-bond acceptors (Lipinski definition) is 7. The van der Waals surface area contributed by atoms with Crippen LogP contribution in [0.15, 0.2) is 11.0 Å². The van der Waals surface area contributed by atoms with Crippen LogP contribution in [-0.2, 0) is 4.74 Å². The Morgan fingerprint density at radius 2 is 2.43 bits per heavy atom. The predicted molar refractivity (Wildman–Crippen MR) is 70.4 cm³/mol. The van der Waals surface area contributed by atoms with Crippen molar-refractivity contribution in [1.29, 1.82) is 0 Å². The summed E-state index contributed by atoms with van der Waals surface area (Å²) in [6.45, 7) is -3.02. The van der Waals surface area contributed by atoms with Crippen LogP contribution >= 0.6 is 11.6 Å². The Hall–Kier alpha value is -1.70. The molecule has 1 unspecified atom stereocenters. The molecule has 1 aromatic rings. The Kier molecular flexibility index (Phi) is 3.46. The second kappa shape index (κ2) is 5.59. The van der Waals surface area contributed by atoms with E-state index in [4.69, 9.17) is 30.5 Å². The molecule has 1 aromatic heterocycles. The van der Waals surface area contributed by atoms with Crippen LogP contribution in [-0.4, -0.2) is 44.1 Å². The van der Waals surface area contributed by atoms with Gasteiger partial charge >= 0.3 is 5.69 Å². The smallest absolute Gasteiger partial charge is 0.351 e. The van der Waals surface area contributed by atoms with Crippen LogP contribution in [0.4, 0.5) is 10.2 Å². The highest BCUT2D eigenvalue weighted by Gasteiger charge is 2.54. The zero-order valence-electron chi connectivity index (χ0n) is 12.3. The largest absolute Gasteiger partial charge is 0.394 e. The molecule has 1 saturated heterocycles. The summed E-state index contributed by atoms with van der Waals surface area (Å²) in [6.07, 6.45) is -4.81. The average molecular weight is 321 g/mol. The molecule has 2 heterocycles. The molecule has 6 N–H and O–H groups in total. The summed E-state index contributed by atoms with van der Waals surface area (Å²) >= 11 is 5.29. The van der Waals surface area contributed by atoms with E-state index in [0.29, 0.717) is 10.8 Å². The number of aromatic nitrogens is 2. The summed E-state index contributed by atoms with van der Waals surface area (Å²) in [5.41, 5.74) is 7.86. The third kappa shape index (κ3) is 2.48. The van der Waals surface area contributed by atoms with Crippen molar-refractivity contribution in [3.8, 4) is 11.3 Å². The van der Waals surface area contributed by atoms with Crippen molar-refractivity contribution in [3.63, 3.8) is 0 Å². The Bertz CT molecular complexity index is 746. The minimum absolute atomic E-state index is 0.544. The molecule has 0 bridgehead atoms. The first-order chi connectivity index (χ1) is 10.5. The SMILES string of the molecule is [2H]C([2H])(O)[C@H]1O[C@@H](n2cc(F)c(N)nc2=O)C(N)(C#CCl)[C@H]1O. The van der Waals surface area contributed by atoms with E-state index in [-0.39, 0.29) is 0 Å². The van der Waals surface area contributed by atoms with Crippen LogP contribution in [0.5, 0.6) is 0 Å². The Balaban J connectivity index is 2.62. The number of anilines is 1. The van der Waals surface area contributed by atoms with Gasteiger partial charge in [0.05, 0.1) is 15.5 Å². The Morgan fingerprint density at radius 1 is 1.76 bits per heavy atom. The monoisotopic (exact) mass is 320 g/mol. The lowest BCUT2D eigenvalue weighted by Crippen LogP contribution is -2.55. The quantitative estimate of drug-likeness (QED) is 0.468. The molecule has 0 aliphatic carbocycles. The van der Waals surface area contributed by atoms with Gasteiger partial charge in [-0.05, 0) is 11.6 Å². The topological polar surface area (TPSA) is 137 Å². The van der Waals surface area contributed by atoms with E-state index >= 15 is 0 Å². The van der Waals surface area contributed by atoms with Gasteiger partial charge < -0.3 is 26.4 Å². The van der Waals surface area contributed by atoms with Crippen molar-refractivity contribution in [1.82, 2.24) is 9.55 Å². The highest BCUT2D eigenvalue weighted by molar-refractivity contribution is 6.30. The van der Waals surface area contributed by atoms with Gasteiger partial charge in [-0.3, -0.25) is 4.57 Å². The highest BCUT2D eigenvalue weighted by Crippen LogP contribution is 2.35. The van der Waals surface area contributed by atoms with E-state index < -0.39 is 47.9 Å². The van der Waals surface area contributed by atoms with Gasteiger partial charge in [0.1, 0.15) is 12.2 Å². The van der Waals surface area contributed by atoms with Crippen LogP contribution in [0.25, 0.3) is 0 Å². The van der Waals surface area contributed by atoms with Crippen molar-refractivity contribution in [2.75, 3.05) is 12.3 Å². The lowest BCUT2D eigenvalue weighted by Gasteiger charge is -2.27. The molecule has 21 heavy (non-hydrogen) atoms. The van der Waals surface area contributed by atoms with Crippen LogP contribution in [0.3, 0.4) is 0 Å². The number of hydrogen-bond donors (Lipinski definition) is 4. The van der Waals surface area contributed by atoms with Crippen LogP contribution in [0.1, 0.15) is 8.97 Å². The molecule has 1 fully saturated rings. The van der Waals surface area contributed by atoms with Crippen molar-refractivity contribution < 1.29 is 22.1 Å². The van der Waals surface area contributed by atoms with E-state index in [9.17, 15) is 19.4 Å². The molecule has 0 amide bonds. The van der Waals surface area contributed by atoms with Crippen molar-refractivity contribution in [2.24, 2.45) is 5.73 Å². The van der Waals surface area contributed by atoms with E-state index in [1.807, 2.05) is 5.38 Å². The maximum absolute atomic E-state index is 13.6. The molecule has 8 nitrogen and oxygen atoms in total. The molecular formula is C11H12ClFN4O4. The average Bonchev–Trinajstić information content (AvgIpc) is 2.67. The first-order valence-corrected chi connectivity index (χ1v) is 5.92. The van der Waals surface area contributed by atoms with E-state index in [1.54, 1.807) is 0 Å². The van der Waals surface area contributed by atoms with Gasteiger partial charge in [0.2, 0.25) is 0 Å². The summed E-state index contributed by atoms with van der Waals surface area (Å²) in [4.78, 5) is 15.1. The number of ether oxygens (including phenoxy) is 1. The fourth-order valence-corrected chi connectivity index (χ4v) is 2.13. The predicted octanol–water partition coefficient (Wildman–Crippen LogP) is -1.89. The van der Waals surface area contributed by atoms with Gasteiger partial charge in [-0.2, -0.15) is 4.98 Å². The standard InChI is InChI=1S/C11H12ClFN4O4/c12-2-1-11(15)7(19)6(4-18)21-9(11)17-3-5(13)8(14)16-10(17)20/h3,6-7,9,18-19H,4,15H2,(H2,14,16,20)/t6-,7+,9-,11?/m1/s1/i4D2. The van der Waals surface area contributed by atoms with Crippen molar-refractivity contribution >= 4 is 17.4 Å². The highest BCUT2D eigenvalue weighted by atomic mass is 35.5. The Labute approximate surface area is 125 Å². The molecule has 1 aliphatic rings. The number of aliphatic hydroxyl groups is 2. The third-order valence-electron chi connectivity index (χ3n) is 3.04. The van der Waals surface area contributed by atoms with Gasteiger partial charge in [-0.15, -0.1) is 0 Å².